The number of fused-ring (bicyclic) bond motifs is 4. The number of allylic oxidation sites excluding steroid dienone is 12. The van der Waals surface area contributed by atoms with Gasteiger partial charge >= 0.3 is 0 Å². The number of aliphatic imine (C=N–C) groups is 4. The largest absolute Gasteiger partial charge is 0.249 e. The smallest absolute Gasteiger partial charge is 0.200 e. The molecule has 0 amide bonds. The van der Waals surface area contributed by atoms with Gasteiger partial charge in [-0.3, -0.25) is 0 Å². The Morgan fingerprint density at radius 2 is 0.574 bits per heavy atom. The normalized spacial score (nSPS) is 16.4. The van der Waals surface area contributed by atoms with Crippen LogP contribution >= 0.6 is 0 Å². The average Bonchev–Trinajstić information content (AvgIpc) is 4.13. The Balaban J connectivity index is 1.61. The molecule has 8 bridgehead atoms. The van der Waals surface area contributed by atoms with Gasteiger partial charge in [0.25, 0.3) is 0 Å². The number of nitrogens with zero attached hydrogens (tertiary/aromatic N) is 4. The number of hydrogen-bond donors (Lipinski definition) is 0. The van der Waals surface area contributed by atoms with Crippen LogP contribution in [0.3, 0.4) is 0 Å². The fourth-order valence-corrected chi connectivity index (χ4v) is 7.37. The van der Waals surface area contributed by atoms with E-state index in [0.29, 0.717) is 12.2 Å². The van der Waals surface area contributed by atoms with E-state index in [1.165, 1.54) is 18.2 Å². The molecular weight excluding hydrogens is 964 g/mol. The lowest BCUT2D eigenvalue weighted by molar-refractivity contribution is 0.375. The van der Waals surface area contributed by atoms with Crippen LogP contribution in [-0.4, -0.2) is 22.8 Å². The second-order valence-corrected chi connectivity index (χ2v) is 14.2. The molecule has 0 atom stereocenters. The first-order valence-electron chi connectivity index (χ1n) is 18.2. The van der Waals surface area contributed by atoms with Crippen LogP contribution in [0.1, 0.15) is 22.3 Å². The molecule has 9 rings (SSSR count). The summed E-state index contributed by atoms with van der Waals surface area (Å²) in [5.74, 6) is -59.2. The highest BCUT2D eigenvalue weighted by Gasteiger charge is 2.44. The van der Waals surface area contributed by atoms with Gasteiger partial charge in [-0.2, -0.15) is 0 Å². The summed E-state index contributed by atoms with van der Waals surface area (Å²) in [5, 5.41) is 0. The van der Waals surface area contributed by atoms with Crippen LogP contribution in [0.15, 0.2) is 91.4 Å². The summed E-state index contributed by atoms with van der Waals surface area (Å²) >= 11 is 0. The number of hydrogen-bond acceptors (Lipinski definition) is 4. The van der Waals surface area contributed by atoms with Crippen LogP contribution in [0, 0.1) is 116 Å². The maximum absolute atomic E-state index is 16.4. The minimum absolute atomic E-state index is 0.0159. The quantitative estimate of drug-likeness (QED) is 0.111. The molecule has 0 radical (unpaired) electrons. The van der Waals surface area contributed by atoms with Gasteiger partial charge in [-0.05, 0) is 48.6 Å². The van der Waals surface area contributed by atoms with Gasteiger partial charge in [0, 0.05) is 22.3 Å². The molecular formula is C44H8F20N4. The van der Waals surface area contributed by atoms with Crippen LogP contribution in [0.25, 0.3) is 22.3 Å². The van der Waals surface area contributed by atoms with Crippen molar-refractivity contribution in [3.8, 4) is 0 Å². The minimum atomic E-state index is -3.07. The van der Waals surface area contributed by atoms with Crippen molar-refractivity contribution in [1.82, 2.24) is 0 Å². The highest BCUT2D eigenvalue weighted by Crippen LogP contribution is 2.51. The highest BCUT2D eigenvalue weighted by molar-refractivity contribution is 6.50. The first-order valence-corrected chi connectivity index (χ1v) is 18.2. The molecule has 68 heavy (non-hydrogen) atoms. The number of benzene rings is 4. The van der Waals surface area contributed by atoms with Crippen molar-refractivity contribution in [2.75, 3.05) is 0 Å². The van der Waals surface area contributed by atoms with Crippen LogP contribution in [0.4, 0.5) is 87.8 Å². The molecule has 0 fully saturated rings. The van der Waals surface area contributed by atoms with E-state index in [9.17, 15) is 26.3 Å². The third kappa shape index (κ3) is 6.54. The zero-order valence-corrected chi connectivity index (χ0v) is 32.0. The van der Waals surface area contributed by atoms with E-state index in [0.717, 1.165) is 18.2 Å². The van der Waals surface area contributed by atoms with Crippen molar-refractivity contribution in [3.05, 3.63) is 210 Å². The lowest BCUT2D eigenvalue weighted by Crippen LogP contribution is -2.17. The number of halogens is 20. The fourth-order valence-electron chi connectivity index (χ4n) is 7.37. The molecule has 0 N–H and O–H groups in total. The zero-order chi connectivity index (χ0) is 49.3. The molecule has 5 aliphatic rings. The molecule has 0 unspecified atom stereocenters. The molecule has 0 spiro atoms. The lowest BCUT2D eigenvalue weighted by atomic mass is 9.84. The number of rotatable bonds is 4. The third-order valence-electron chi connectivity index (χ3n) is 10.3. The molecule has 4 aromatic rings. The van der Waals surface area contributed by atoms with Gasteiger partial charge in [0.05, 0.1) is 67.9 Å². The summed E-state index contributed by atoms with van der Waals surface area (Å²) in [7, 11) is 0. The fraction of sp³-hybridized carbons (Fsp3) is 0. The third-order valence-corrected chi connectivity index (χ3v) is 10.3. The van der Waals surface area contributed by atoms with Gasteiger partial charge in [-0.15, -0.1) is 0 Å². The van der Waals surface area contributed by atoms with Crippen LogP contribution in [0.2, 0.25) is 0 Å². The molecule has 0 aromatic heterocycles. The molecule has 0 saturated heterocycles. The van der Waals surface area contributed by atoms with Gasteiger partial charge in [-0.25, -0.2) is 108 Å². The SMILES string of the molecule is Fc1c(F)c(F)c(C2=CC3=CC4=NC(=CC5=NC(=CC6=NC(=C(c7c(F)c(F)c(F)c(F)c7F)C2=N3)C(c2c(F)c(F)c(F)c(F)c2F)=C6c2c(F)c(F)c(F)c(F)c2F)C=C5)C=C4)c(F)c1F. The Morgan fingerprint density at radius 3 is 0.985 bits per heavy atom. The van der Waals surface area contributed by atoms with Crippen molar-refractivity contribution in [2.24, 2.45) is 20.0 Å². The minimum Gasteiger partial charge on any atom is -0.249 e. The van der Waals surface area contributed by atoms with Crippen molar-refractivity contribution in [1.29, 1.82) is 0 Å². The van der Waals surface area contributed by atoms with Gasteiger partial charge < -0.3 is 0 Å². The Kier molecular flexibility index (Phi) is 10.6. The summed E-state index contributed by atoms with van der Waals surface area (Å²) in [6.45, 7) is 0. The Morgan fingerprint density at radius 1 is 0.250 bits per heavy atom. The van der Waals surface area contributed by atoms with Gasteiger partial charge in [0.2, 0.25) is 23.3 Å². The Bertz CT molecular complexity index is 3430. The predicted octanol–water partition coefficient (Wildman–Crippen LogP) is 12.5. The average molecular weight is 973 g/mol. The molecule has 4 nitrogen and oxygen atoms in total. The van der Waals surface area contributed by atoms with E-state index in [-0.39, 0.29) is 17.1 Å². The monoisotopic (exact) mass is 972 g/mol. The van der Waals surface area contributed by atoms with E-state index in [1.54, 1.807) is 0 Å². The predicted molar refractivity (Wildman–Crippen MR) is 199 cm³/mol. The molecule has 5 heterocycles. The standard InChI is InChI=1S/C44H8F20N4/c45-23-16(24(46)32(54)39(61)31(23)53)14-7-13-6-11-2-1-9(65-11)5-10-3-4-12(66-10)8-15-17(19-25(47)33(55)40(62)34(56)26(19)48)18(20-27(49)35(57)41(63)36(58)28(20)50)44(68-15)22(43(14)67-13)21-29(51)37(59)42(64)38(60)30(21)52/h1-8H. The maximum Gasteiger partial charge on any atom is 0.200 e. The second-order valence-electron chi connectivity index (χ2n) is 14.2. The van der Waals surface area contributed by atoms with E-state index in [4.69, 9.17) is 0 Å². The van der Waals surface area contributed by atoms with Crippen LogP contribution < -0.4 is 0 Å². The molecule has 24 heteroatoms. The van der Waals surface area contributed by atoms with Crippen molar-refractivity contribution < 1.29 is 87.8 Å². The molecule has 5 aliphatic heterocycles. The molecule has 0 saturated carbocycles. The summed E-state index contributed by atoms with van der Waals surface area (Å²) < 4.78 is 309. The molecule has 344 valence electrons. The van der Waals surface area contributed by atoms with E-state index in [2.05, 4.69) is 20.0 Å². The summed E-state index contributed by atoms with van der Waals surface area (Å²) in [6, 6.07) is 0. The van der Waals surface area contributed by atoms with E-state index in [1.807, 2.05) is 0 Å². The van der Waals surface area contributed by atoms with E-state index >= 15 is 61.5 Å². The maximum atomic E-state index is 16.4. The summed E-state index contributed by atoms with van der Waals surface area (Å²) in [5.41, 5.74) is -25.1. The highest BCUT2D eigenvalue weighted by atomic mass is 19.2. The molecule has 4 aromatic carbocycles. The van der Waals surface area contributed by atoms with E-state index < -0.39 is 189 Å². The van der Waals surface area contributed by atoms with Gasteiger partial charge in [0.1, 0.15) is 0 Å². The topological polar surface area (TPSA) is 49.4 Å². The van der Waals surface area contributed by atoms with Crippen LogP contribution in [-0.2, 0) is 0 Å². The summed E-state index contributed by atoms with van der Waals surface area (Å²) in [6.07, 6.45) is 7.20. The van der Waals surface area contributed by atoms with Gasteiger partial charge in [-0.1, -0.05) is 0 Å². The Labute approximate surface area is 362 Å². The van der Waals surface area contributed by atoms with Gasteiger partial charge in [0.15, 0.2) is 93.1 Å². The lowest BCUT2D eigenvalue weighted by Gasteiger charge is -2.20. The Hall–Kier alpha value is -7.92. The zero-order valence-electron chi connectivity index (χ0n) is 32.0. The molecule has 0 aliphatic carbocycles. The van der Waals surface area contributed by atoms with Crippen molar-refractivity contribution >= 4 is 45.1 Å². The first kappa shape index (κ1) is 45.2. The summed E-state index contributed by atoms with van der Waals surface area (Å²) in [4.78, 5) is 15.8. The van der Waals surface area contributed by atoms with Crippen molar-refractivity contribution in [3.63, 3.8) is 0 Å². The second kappa shape index (κ2) is 15.9. The first-order chi connectivity index (χ1) is 32.0. The van der Waals surface area contributed by atoms with Crippen LogP contribution in [0.5, 0.6) is 0 Å². The van der Waals surface area contributed by atoms with Crippen molar-refractivity contribution in [2.45, 2.75) is 0 Å².